The van der Waals surface area contributed by atoms with Crippen LogP contribution in [0.4, 0.5) is 0 Å². The summed E-state index contributed by atoms with van der Waals surface area (Å²) in [5.74, 6) is 3.12. The molecule has 1 nitrogen and oxygen atoms in total. The first-order valence-corrected chi connectivity index (χ1v) is 3.36. The van der Waals surface area contributed by atoms with Crippen molar-refractivity contribution < 1.29 is 4.74 Å². The van der Waals surface area contributed by atoms with Gasteiger partial charge in [0.05, 0.1) is 0 Å². The Morgan fingerprint density at radius 2 is 2.45 bits per heavy atom. The van der Waals surface area contributed by atoms with Gasteiger partial charge in [-0.15, -0.1) is 6.42 Å². The van der Waals surface area contributed by atoms with Crippen LogP contribution in [0, 0.1) is 12.3 Å². The molecular weight excluding hydrogens is 136 g/mol. The van der Waals surface area contributed by atoms with Crippen molar-refractivity contribution in [2.75, 3.05) is 6.61 Å². The summed E-state index contributed by atoms with van der Waals surface area (Å²) in [5, 5.41) is 0. The number of hydrogen-bond acceptors (Lipinski definition) is 1. The first kappa shape index (κ1) is 9.58. The Bertz CT molecular complexity index is 203. The molecule has 0 aromatic carbocycles. The molecule has 0 aromatic heterocycles. The van der Waals surface area contributed by atoms with Crippen molar-refractivity contribution in [1.29, 1.82) is 0 Å². The van der Waals surface area contributed by atoms with Gasteiger partial charge in [0, 0.05) is 0 Å². The SMILES string of the molecule is C#CCOC(/C=C\C)=C/C=C. The quantitative estimate of drug-likeness (QED) is 0.337. The van der Waals surface area contributed by atoms with E-state index in [1.54, 1.807) is 12.2 Å². The fourth-order valence-electron chi connectivity index (χ4n) is 0.557. The lowest BCUT2D eigenvalue weighted by atomic mass is 10.4. The van der Waals surface area contributed by atoms with Crippen LogP contribution in [0.2, 0.25) is 0 Å². The molecule has 0 unspecified atom stereocenters. The first-order valence-electron chi connectivity index (χ1n) is 3.36. The van der Waals surface area contributed by atoms with Crippen LogP contribution >= 0.6 is 0 Å². The third-order valence-corrected chi connectivity index (χ3v) is 0.935. The summed E-state index contributed by atoms with van der Waals surface area (Å²) >= 11 is 0. The van der Waals surface area contributed by atoms with Crippen LogP contribution < -0.4 is 0 Å². The topological polar surface area (TPSA) is 9.23 Å². The van der Waals surface area contributed by atoms with Crippen molar-refractivity contribution >= 4 is 0 Å². The molecule has 0 N–H and O–H groups in total. The number of allylic oxidation sites excluding steroid dienone is 4. The summed E-state index contributed by atoms with van der Waals surface area (Å²) in [6, 6.07) is 0. The fourth-order valence-corrected chi connectivity index (χ4v) is 0.557. The van der Waals surface area contributed by atoms with E-state index in [0.29, 0.717) is 6.61 Å². The molecule has 0 atom stereocenters. The van der Waals surface area contributed by atoms with Crippen LogP contribution in [0.25, 0.3) is 0 Å². The van der Waals surface area contributed by atoms with Crippen LogP contribution in [-0.2, 0) is 4.74 Å². The predicted molar refractivity (Wildman–Crippen MR) is 47.9 cm³/mol. The summed E-state index contributed by atoms with van der Waals surface area (Å²) in [6.45, 7) is 5.76. The Kier molecular flexibility index (Phi) is 5.83. The van der Waals surface area contributed by atoms with Gasteiger partial charge in [-0.25, -0.2) is 0 Å². The minimum absolute atomic E-state index is 0.296. The van der Waals surface area contributed by atoms with Crippen molar-refractivity contribution in [2.24, 2.45) is 0 Å². The molecular formula is C10H12O. The van der Waals surface area contributed by atoms with E-state index >= 15 is 0 Å². The van der Waals surface area contributed by atoms with E-state index in [4.69, 9.17) is 11.2 Å². The summed E-state index contributed by atoms with van der Waals surface area (Å²) < 4.78 is 5.14. The van der Waals surface area contributed by atoms with Gasteiger partial charge in [-0.1, -0.05) is 24.7 Å². The van der Waals surface area contributed by atoms with Gasteiger partial charge in [0.25, 0.3) is 0 Å². The van der Waals surface area contributed by atoms with E-state index in [-0.39, 0.29) is 0 Å². The highest BCUT2D eigenvalue weighted by atomic mass is 16.5. The average Bonchev–Trinajstić information content (AvgIpc) is 2.01. The summed E-state index contributed by atoms with van der Waals surface area (Å²) in [5.41, 5.74) is 0. The van der Waals surface area contributed by atoms with Crippen LogP contribution in [0.1, 0.15) is 6.92 Å². The monoisotopic (exact) mass is 148 g/mol. The molecule has 1 heteroatoms. The van der Waals surface area contributed by atoms with Gasteiger partial charge in [0.15, 0.2) is 0 Å². The van der Waals surface area contributed by atoms with Crippen molar-refractivity contribution in [3.8, 4) is 12.3 Å². The second-order valence-electron chi connectivity index (χ2n) is 1.80. The molecule has 0 heterocycles. The Morgan fingerprint density at radius 3 is 2.91 bits per heavy atom. The smallest absolute Gasteiger partial charge is 0.148 e. The standard InChI is InChI=1S/C10H12O/c1-4-7-10(8-5-2)11-9-6-3/h3-5,7-8H,1,9H2,2H3/b8-5-,10-7+. The van der Waals surface area contributed by atoms with Gasteiger partial charge < -0.3 is 4.74 Å². The predicted octanol–water partition coefficient (Wildman–Crippen LogP) is 2.28. The second kappa shape index (κ2) is 6.70. The van der Waals surface area contributed by atoms with E-state index in [1.807, 2.05) is 19.1 Å². The van der Waals surface area contributed by atoms with Crippen molar-refractivity contribution in [3.05, 3.63) is 36.6 Å². The maximum absolute atomic E-state index is 5.14. The van der Waals surface area contributed by atoms with Crippen molar-refractivity contribution in [1.82, 2.24) is 0 Å². The zero-order chi connectivity index (χ0) is 8.53. The largest absolute Gasteiger partial charge is 0.481 e. The number of hydrogen-bond donors (Lipinski definition) is 0. The fraction of sp³-hybridized carbons (Fsp3) is 0.200. The van der Waals surface area contributed by atoms with Gasteiger partial charge in [-0.3, -0.25) is 0 Å². The van der Waals surface area contributed by atoms with Gasteiger partial charge in [0.2, 0.25) is 0 Å². The molecule has 58 valence electrons. The molecule has 0 aliphatic rings. The summed E-state index contributed by atoms with van der Waals surface area (Å²) in [6.07, 6.45) is 12.1. The van der Waals surface area contributed by atoms with Gasteiger partial charge in [-0.2, -0.15) is 0 Å². The van der Waals surface area contributed by atoms with Crippen LogP contribution in [-0.4, -0.2) is 6.61 Å². The lowest BCUT2D eigenvalue weighted by Gasteiger charge is -2.00. The maximum atomic E-state index is 5.14. The molecule has 11 heavy (non-hydrogen) atoms. The molecule has 0 aliphatic carbocycles. The highest BCUT2D eigenvalue weighted by Crippen LogP contribution is 1.98. The van der Waals surface area contributed by atoms with Crippen LogP contribution in [0.3, 0.4) is 0 Å². The number of ether oxygens (including phenoxy) is 1. The van der Waals surface area contributed by atoms with Gasteiger partial charge in [0.1, 0.15) is 12.4 Å². The van der Waals surface area contributed by atoms with Crippen LogP contribution in [0.5, 0.6) is 0 Å². The molecule has 0 saturated carbocycles. The molecule has 0 saturated heterocycles. The van der Waals surface area contributed by atoms with Gasteiger partial charge in [-0.05, 0) is 19.1 Å². The lowest BCUT2D eigenvalue weighted by Crippen LogP contribution is -1.88. The highest BCUT2D eigenvalue weighted by molar-refractivity contribution is 5.17. The normalized spacial score (nSPS) is 11.1. The number of rotatable bonds is 4. The zero-order valence-corrected chi connectivity index (χ0v) is 6.71. The molecule has 0 aliphatic heterocycles. The van der Waals surface area contributed by atoms with E-state index < -0.39 is 0 Å². The molecule has 0 aromatic rings. The Hall–Kier alpha value is -1.42. The summed E-state index contributed by atoms with van der Waals surface area (Å²) in [7, 11) is 0. The Labute approximate surface area is 68.1 Å². The minimum Gasteiger partial charge on any atom is -0.481 e. The average molecular weight is 148 g/mol. The lowest BCUT2D eigenvalue weighted by molar-refractivity contribution is 0.268. The molecule has 0 fully saturated rings. The van der Waals surface area contributed by atoms with Crippen LogP contribution in [0.15, 0.2) is 36.6 Å². The molecule has 0 bridgehead atoms. The third kappa shape index (κ3) is 5.05. The minimum atomic E-state index is 0.296. The molecule has 0 spiro atoms. The van der Waals surface area contributed by atoms with Gasteiger partial charge >= 0.3 is 0 Å². The first-order chi connectivity index (χ1) is 5.35. The van der Waals surface area contributed by atoms with Crippen molar-refractivity contribution in [3.63, 3.8) is 0 Å². The Balaban J connectivity index is 4.02. The third-order valence-electron chi connectivity index (χ3n) is 0.935. The molecule has 0 amide bonds. The van der Waals surface area contributed by atoms with E-state index in [0.717, 1.165) is 5.76 Å². The molecule has 0 radical (unpaired) electrons. The van der Waals surface area contributed by atoms with E-state index in [1.165, 1.54) is 0 Å². The van der Waals surface area contributed by atoms with Crippen molar-refractivity contribution in [2.45, 2.75) is 6.92 Å². The van der Waals surface area contributed by atoms with E-state index in [9.17, 15) is 0 Å². The maximum Gasteiger partial charge on any atom is 0.148 e. The molecule has 0 rings (SSSR count). The highest BCUT2D eigenvalue weighted by Gasteiger charge is 1.86. The Morgan fingerprint density at radius 1 is 1.73 bits per heavy atom. The zero-order valence-electron chi connectivity index (χ0n) is 6.71. The second-order valence-corrected chi connectivity index (χ2v) is 1.80. The summed E-state index contributed by atoms with van der Waals surface area (Å²) in [4.78, 5) is 0. The van der Waals surface area contributed by atoms with E-state index in [2.05, 4.69) is 12.5 Å². The number of terminal acetylenes is 1.